The van der Waals surface area contributed by atoms with Crippen molar-refractivity contribution in [3.8, 4) is 22.8 Å². The Hall–Kier alpha value is -3.49. The second-order valence-electron chi connectivity index (χ2n) is 7.40. The molecular formula is C22H18N4O3S. The lowest BCUT2D eigenvalue weighted by Crippen LogP contribution is -2.02. The molecule has 0 atom stereocenters. The number of hydrogen-bond donors (Lipinski definition) is 3. The summed E-state index contributed by atoms with van der Waals surface area (Å²) in [6.45, 7) is 3.95. The molecule has 0 aliphatic rings. The minimum absolute atomic E-state index is 0.229. The topological polar surface area (TPSA) is 112 Å². The van der Waals surface area contributed by atoms with Gasteiger partial charge in [-0.15, -0.1) is 0 Å². The van der Waals surface area contributed by atoms with Gasteiger partial charge in [0.2, 0.25) is 0 Å². The highest BCUT2D eigenvalue weighted by atomic mass is 32.2. The zero-order chi connectivity index (χ0) is 21.0. The highest BCUT2D eigenvalue weighted by Crippen LogP contribution is 2.31. The first kappa shape index (κ1) is 18.5. The molecule has 0 saturated carbocycles. The number of fused-ring (bicyclic) bond motifs is 2. The molecule has 8 heteroatoms. The Morgan fingerprint density at radius 1 is 0.767 bits per heavy atom. The maximum atomic E-state index is 12.2. The lowest BCUT2D eigenvalue weighted by molar-refractivity contribution is 0.483. The van der Waals surface area contributed by atoms with E-state index in [-0.39, 0.29) is 4.90 Å². The Kier molecular flexibility index (Phi) is 4.02. The van der Waals surface area contributed by atoms with Crippen LogP contribution in [-0.2, 0) is 10.1 Å². The zero-order valence-corrected chi connectivity index (χ0v) is 17.1. The molecular weight excluding hydrogens is 400 g/mol. The van der Waals surface area contributed by atoms with Crippen LogP contribution in [0.25, 0.3) is 44.8 Å². The largest absolute Gasteiger partial charge is 0.338 e. The minimum atomic E-state index is -4.50. The monoisotopic (exact) mass is 418 g/mol. The first-order chi connectivity index (χ1) is 14.3. The van der Waals surface area contributed by atoms with Gasteiger partial charge in [0.15, 0.2) is 0 Å². The summed E-state index contributed by atoms with van der Waals surface area (Å²) in [7, 11) is -4.50. The van der Waals surface area contributed by atoms with E-state index in [1.165, 1.54) is 6.07 Å². The Bertz CT molecular complexity index is 1550. The smallest absolute Gasteiger partial charge is 0.295 e. The summed E-state index contributed by atoms with van der Waals surface area (Å²) < 4.78 is 34.3. The van der Waals surface area contributed by atoms with Gasteiger partial charge in [0, 0.05) is 11.1 Å². The Morgan fingerprint density at radius 3 is 2.27 bits per heavy atom. The number of aromatic nitrogens is 4. The molecule has 3 N–H and O–H groups in total. The normalized spacial score (nSPS) is 12.1. The fourth-order valence-electron chi connectivity index (χ4n) is 3.58. The van der Waals surface area contributed by atoms with Crippen molar-refractivity contribution >= 4 is 32.2 Å². The first-order valence-electron chi connectivity index (χ1n) is 9.33. The van der Waals surface area contributed by atoms with E-state index in [9.17, 15) is 13.0 Å². The molecule has 7 nitrogen and oxygen atoms in total. The van der Waals surface area contributed by atoms with E-state index in [4.69, 9.17) is 0 Å². The molecule has 0 aliphatic carbocycles. The van der Waals surface area contributed by atoms with E-state index in [0.717, 1.165) is 27.7 Å². The molecule has 0 aliphatic heterocycles. The van der Waals surface area contributed by atoms with Crippen molar-refractivity contribution in [3.63, 3.8) is 0 Å². The Balaban J connectivity index is 1.68. The number of aromatic amines is 2. The standard InChI is InChI=1S/C22H18N4O3S/c1-12-3-7-16-18(9-12)25-21(23-16)14-5-6-15(20(11-14)30(27,28)29)22-24-17-8-4-13(2)10-19(17)26-22/h3-11H,1-2H3,(H,23,25)(H,24,26)(H,27,28,29). The summed E-state index contributed by atoms with van der Waals surface area (Å²) >= 11 is 0. The van der Waals surface area contributed by atoms with E-state index in [1.54, 1.807) is 12.1 Å². The average molecular weight is 418 g/mol. The SMILES string of the molecule is Cc1ccc2[nH]c(-c3ccc(-c4nc5ccc(C)cc5[nH]4)c(S(=O)(=O)O)c3)nc2c1. The van der Waals surface area contributed by atoms with Gasteiger partial charge in [-0.05, 0) is 61.4 Å². The lowest BCUT2D eigenvalue weighted by Gasteiger charge is -2.07. The van der Waals surface area contributed by atoms with Crippen LogP contribution in [0.5, 0.6) is 0 Å². The molecule has 0 saturated heterocycles. The van der Waals surface area contributed by atoms with Gasteiger partial charge in [0.25, 0.3) is 10.1 Å². The van der Waals surface area contributed by atoms with E-state index in [1.807, 2.05) is 50.2 Å². The van der Waals surface area contributed by atoms with E-state index in [2.05, 4.69) is 19.9 Å². The predicted molar refractivity (Wildman–Crippen MR) is 116 cm³/mol. The molecule has 0 amide bonds. The van der Waals surface area contributed by atoms with Crippen LogP contribution in [0.4, 0.5) is 0 Å². The number of benzene rings is 3. The maximum Gasteiger partial charge on any atom is 0.295 e. The van der Waals surface area contributed by atoms with Gasteiger partial charge >= 0.3 is 0 Å². The summed E-state index contributed by atoms with van der Waals surface area (Å²) in [5, 5.41) is 0. The average Bonchev–Trinajstić information content (AvgIpc) is 3.30. The summed E-state index contributed by atoms with van der Waals surface area (Å²) in [4.78, 5) is 15.2. The Morgan fingerprint density at radius 2 is 1.47 bits per heavy atom. The van der Waals surface area contributed by atoms with E-state index in [0.29, 0.717) is 28.3 Å². The van der Waals surface area contributed by atoms with Crippen molar-refractivity contribution in [1.82, 2.24) is 19.9 Å². The van der Waals surface area contributed by atoms with Gasteiger partial charge in [0.1, 0.15) is 16.5 Å². The predicted octanol–water partition coefficient (Wildman–Crippen LogP) is 4.64. The molecule has 0 fully saturated rings. The van der Waals surface area contributed by atoms with Crippen molar-refractivity contribution in [2.24, 2.45) is 0 Å². The van der Waals surface area contributed by atoms with Crippen LogP contribution in [0, 0.1) is 13.8 Å². The number of imidazole rings is 2. The summed E-state index contributed by atoms with van der Waals surface area (Å²) in [6.07, 6.45) is 0. The van der Waals surface area contributed by atoms with Crippen LogP contribution in [0.2, 0.25) is 0 Å². The number of hydrogen-bond acceptors (Lipinski definition) is 4. The van der Waals surface area contributed by atoms with Crippen LogP contribution in [0.15, 0.2) is 59.5 Å². The molecule has 150 valence electrons. The quantitative estimate of drug-likeness (QED) is 0.370. The fraction of sp³-hybridized carbons (Fsp3) is 0.0909. The molecule has 30 heavy (non-hydrogen) atoms. The van der Waals surface area contributed by atoms with Crippen molar-refractivity contribution < 1.29 is 13.0 Å². The van der Waals surface area contributed by atoms with Crippen molar-refractivity contribution in [2.75, 3.05) is 0 Å². The number of H-pyrrole nitrogens is 2. The van der Waals surface area contributed by atoms with Crippen molar-refractivity contribution in [1.29, 1.82) is 0 Å². The molecule has 0 bridgehead atoms. The molecule has 0 radical (unpaired) electrons. The molecule has 0 unspecified atom stereocenters. The van der Waals surface area contributed by atoms with Crippen LogP contribution >= 0.6 is 0 Å². The zero-order valence-electron chi connectivity index (χ0n) is 16.3. The van der Waals surface area contributed by atoms with Gasteiger partial charge < -0.3 is 9.97 Å². The first-order valence-corrected chi connectivity index (χ1v) is 10.8. The second kappa shape index (κ2) is 6.51. The van der Waals surface area contributed by atoms with E-state index >= 15 is 0 Å². The van der Waals surface area contributed by atoms with Crippen LogP contribution in [-0.4, -0.2) is 32.9 Å². The molecule has 5 aromatic rings. The summed E-state index contributed by atoms with van der Waals surface area (Å²) in [6, 6.07) is 16.4. The number of nitrogens with one attached hydrogen (secondary N) is 2. The lowest BCUT2D eigenvalue weighted by atomic mass is 10.1. The highest BCUT2D eigenvalue weighted by molar-refractivity contribution is 7.86. The Labute approximate surface area is 172 Å². The van der Waals surface area contributed by atoms with Crippen LogP contribution < -0.4 is 0 Å². The van der Waals surface area contributed by atoms with Crippen molar-refractivity contribution in [2.45, 2.75) is 18.7 Å². The molecule has 5 rings (SSSR count). The molecule has 2 heterocycles. The maximum absolute atomic E-state index is 12.2. The minimum Gasteiger partial charge on any atom is -0.338 e. The van der Waals surface area contributed by atoms with Gasteiger partial charge in [0.05, 0.1) is 22.1 Å². The van der Waals surface area contributed by atoms with Gasteiger partial charge in [-0.1, -0.05) is 18.2 Å². The molecule has 2 aromatic heterocycles. The second-order valence-corrected chi connectivity index (χ2v) is 8.79. The van der Waals surface area contributed by atoms with Gasteiger partial charge in [-0.25, -0.2) is 9.97 Å². The van der Waals surface area contributed by atoms with Crippen LogP contribution in [0.3, 0.4) is 0 Å². The molecule has 3 aromatic carbocycles. The van der Waals surface area contributed by atoms with Gasteiger partial charge in [-0.2, -0.15) is 8.42 Å². The van der Waals surface area contributed by atoms with Gasteiger partial charge in [-0.3, -0.25) is 4.55 Å². The number of aryl methyl sites for hydroxylation is 2. The summed E-state index contributed by atoms with van der Waals surface area (Å²) in [5.74, 6) is 0.891. The highest BCUT2D eigenvalue weighted by Gasteiger charge is 2.21. The fourth-order valence-corrected chi connectivity index (χ4v) is 4.30. The third-order valence-corrected chi connectivity index (χ3v) is 5.96. The van der Waals surface area contributed by atoms with Crippen LogP contribution in [0.1, 0.15) is 11.1 Å². The van der Waals surface area contributed by atoms with Crippen molar-refractivity contribution in [3.05, 3.63) is 65.7 Å². The molecule has 0 spiro atoms. The third kappa shape index (κ3) is 3.16. The van der Waals surface area contributed by atoms with E-state index < -0.39 is 10.1 Å². The summed E-state index contributed by atoms with van der Waals surface area (Å²) in [5.41, 5.74) is 6.12. The third-order valence-electron chi connectivity index (χ3n) is 5.06. The number of rotatable bonds is 3. The number of nitrogens with zero attached hydrogens (tertiary/aromatic N) is 2.